The minimum absolute atomic E-state index is 0.115. The van der Waals surface area contributed by atoms with Gasteiger partial charge in [-0.15, -0.1) is 0 Å². The fourth-order valence-electron chi connectivity index (χ4n) is 3.71. The summed E-state index contributed by atoms with van der Waals surface area (Å²) in [6.07, 6.45) is 6.70. The van der Waals surface area contributed by atoms with Gasteiger partial charge in [-0.1, -0.05) is 12.1 Å². The summed E-state index contributed by atoms with van der Waals surface area (Å²) in [5.74, 6) is 0.532. The average Bonchev–Trinajstić information content (AvgIpc) is 3.20. The lowest BCUT2D eigenvalue weighted by Crippen LogP contribution is -2.34. The molecule has 9 heteroatoms. The molecule has 0 aliphatic carbocycles. The Morgan fingerprint density at radius 2 is 1.88 bits per heavy atom. The summed E-state index contributed by atoms with van der Waals surface area (Å²) in [4.78, 5) is 43.6. The molecule has 2 heterocycles. The predicted molar refractivity (Wildman–Crippen MR) is 126 cm³/mol. The summed E-state index contributed by atoms with van der Waals surface area (Å²) in [6, 6.07) is 10.2. The van der Waals surface area contributed by atoms with Crippen LogP contribution in [0.2, 0.25) is 0 Å². The second kappa shape index (κ2) is 9.62. The molecular weight excluding hydrogens is 436 g/mol. The lowest BCUT2D eigenvalue weighted by Gasteiger charge is -2.17. The molecule has 4 rings (SSSR count). The van der Waals surface area contributed by atoms with E-state index in [1.807, 2.05) is 0 Å². The first-order valence-corrected chi connectivity index (χ1v) is 10.5. The van der Waals surface area contributed by atoms with Gasteiger partial charge in [0.15, 0.2) is 17.3 Å². The normalized spacial score (nSPS) is 12.7. The second-order valence-corrected chi connectivity index (χ2v) is 7.74. The Bertz CT molecular complexity index is 1290. The number of rotatable bonds is 7. The van der Waals surface area contributed by atoms with Gasteiger partial charge in [0.05, 0.1) is 20.6 Å². The van der Waals surface area contributed by atoms with Gasteiger partial charge in [0.1, 0.15) is 6.54 Å². The third-order valence-electron chi connectivity index (χ3n) is 5.49. The van der Waals surface area contributed by atoms with Crippen molar-refractivity contribution in [3.63, 3.8) is 0 Å². The number of fused-ring (bicyclic) bond motifs is 1. The largest absolute Gasteiger partial charge is 0.493 e. The first-order chi connectivity index (χ1) is 16.4. The number of nitrogens with zero attached hydrogens (tertiary/aromatic N) is 3. The zero-order chi connectivity index (χ0) is 24.2. The fraction of sp³-hybridized carbons (Fsp3) is 0.200. The molecule has 0 bridgehead atoms. The molecule has 0 fully saturated rings. The zero-order valence-electron chi connectivity index (χ0n) is 19.1. The van der Waals surface area contributed by atoms with Gasteiger partial charge in [0.25, 0.3) is 0 Å². The number of aromatic nitrogens is 2. The van der Waals surface area contributed by atoms with E-state index < -0.39 is 0 Å². The van der Waals surface area contributed by atoms with E-state index in [0.29, 0.717) is 28.6 Å². The first kappa shape index (κ1) is 22.8. The number of methoxy groups -OCH3 is 2. The Kier molecular flexibility index (Phi) is 6.44. The average molecular weight is 460 g/mol. The van der Waals surface area contributed by atoms with Gasteiger partial charge < -0.3 is 24.3 Å². The number of amides is 2. The molecule has 0 spiro atoms. The Balaban J connectivity index is 1.46. The molecule has 0 saturated heterocycles. The second-order valence-electron chi connectivity index (χ2n) is 7.74. The highest BCUT2D eigenvalue weighted by Gasteiger charge is 2.22. The van der Waals surface area contributed by atoms with Crippen LogP contribution in [0.4, 0.5) is 5.69 Å². The van der Waals surface area contributed by atoms with Crippen LogP contribution >= 0.6 is 0 Å². The number of benzene rings is 2. The molecule has 1 aliphatic heterocycles. The lowest BCUT2D eigenvalue weighted by atomic mass is 10.0. The van der Waals surface area contributed by atoms with Crippen molar-refractivity contribution >= 4 is 29.4 Å². The minimum Gasteiger partial charge on any atom is -0.493 e. The molecule has 0 unspecified atom stereocenters. The maximum absolute atomic E-state index is 12.8. The van der Waals surface area contributed by atoms with Crippen LogP contribution in [0.3, 0.4) is 0 Å². The Morgan fingerprint density at radius 1 is 1.12 bits per heavy atom. The topological polar surface area (TPSA) is 103 Å². The molecule has 9 nitrogen and oxygen atoms in total. The Morgan fingerprint density at radius 3 is 2.59 bits per heavy atom. The number of anilines is 1. The smallest absolute Gasteiger partial charge is 0.244 e. The summed E-state index contributed by atoms with van der Waals surface area (Å²) >= 11 is 0. The lowest BCUT2D eigenvalue weighted by molar-refractivity contribution is -0.131. The first-order valence-electron chi connectivity index (χ1n) is 10.5. The van der Waals surface area contributed by atoms with Crippen molar-refractivity contribution in [2.45, 2.75) is 6.42 Å². The fourth-order valence-corrected chi connectivity index (χ4v) is 3.71. The Hall–Kier alpha value is -4.40. The number of nitrogens with one attached hydrogen (secondary N) is 1. The number of carbonyl (C=O) groups is 3. The van der Waals surface area contributed by atoms with E-state index in [1.54, 1.807) is 79.8 Å². The summed E-state index contributed by atoms with van der Waals surface area (Å²) in [6.45, 7) is -0.171. The van der Waals surface area contributed by atoms with Crippen molar-refractivity contribution in [3.8, 4) is 11.5 Å². The van der Waals surface area contributed by atoms with E-state index in [0.717, 1.165) is 11.1 Å². The quantitative estimate of drug-likeness (QED) is 0.544. The zero-order valence-corrected chi connectivity index (χ0v) is 19.1. The van der Waals surface area contributed by atoms with Crippen LogP contribution in [0, 0.1) is 0 Å². The highest BCUT2D eigenvalue weighted by atomic mass is 16.5. The number of ketones is 1. The minimum atomic E-state index is -0.388. The highest BCUT2D eigenvalue weighted by Crippen LogP contribution is 2.32. The van der Waals surface area contributed by atoms with Crippen molar-refractivity contribution in [2.75, 3.05) is 26.1 Å². The molecule has 0 radical (unpaired) electrons. The highest BCUT2D eigenvalue weighted by molar-refractivity contribution is 6.07. The molecule has 1 N–H and O–H groups in total. The molecule has 3 aromatic rings. The van der Waals surface area contributed by atoms with Crippen LogP contribution in [-0.4, -0.2) is 52.8 Å². The molecule has 0 saturated carbocycles. The van der Waals surface area contributed by atoms with Crippen LogP contribution in [0.15, 0.2) is 55.0 Å². The molecule has 174 valence electrons. The summed E-state index contributed by atoms with van der Waals surface area (Å²) < 4.78 is 12.3. The van der Waals surface area contributed by atoms with Gasteiger partial charge in [-0.25, -0.2) is 4.98 Å². The van der Waals surface area contributed by atoms with E-state index in [4.69, 9.17) is 9.47 Å². The van der Waals surface area contributed by atoms with E-state index in [2.05, 4.69) is 10.3 Å². The van der Waals surface area contributed by atoms with Crippen molar-refractivity contribution < 1.29 is 23.9 Å². The van der Waals surface area contributed by atoms with Crippen molar-refractivity contribution in [3.05, 3.63) is 77.5 Å². The monoisotopic (exact) mass is 460 g/mol. The van der Waals surface area contributed by atoms with E-state index in [9.17, 15) is 14.4 Å². The summed E-state index contributed by atoms with van der Waals surface area (Å²) in [5.41, 5.74) is 2.45. The third kappa shape index (κ3) is 4.68. The predicted octanol–water partition coefficient (Wildman–Crippen LogP) is 2.66. The van der Waals surface area contributed by atoms with Crippen LogP contribution in [0.5, 0.6) is 11.5 Å². The van der Waals surface area contributed by atoms with Crippen molar-refractivity contribution in [1.29, 1.82) is 0 Å². The van der Waals surface area contributed by atoms with Crippen molar-refractivity contribution in [1.82, 2.24) is 14.5 Å². The van der Waals surface area contributed by atoms with Crippen LogP contribution < -0.4 is 14.8 Å². The Labute approximate surface area is 196 Å². The molecule has 2 aromatic carbocycles. The van der Waals surface area contributed by atoms with Crippen LogP contribution in [-0.2, 0) is 23.1 Å². The van der Waals surface area contributed by atoms with E-state index >= 15 is 0 Å². The maximum atomic E-state index is 12.8. The van der Waals surface area contributed by atoms with E-state index in [-0.39, 0.29) is 30.6 Å². The molecule has 2 amide bonds. The molecule has 34 heavy (non-hydrogen) atoms. The number of hydrogen-bond donors (Lipinski definition) is 1. The SMILES string of the molecule is COc1cc2c(cc1OC)CC(=O)N(CC(=O)Nc1cccc(C(=O)c3nccn3C)c1)C=C2. The molecule has 0 atom stereocenters. The van der Waals surface area contributed by atoms with Gasteiger partial charge in [-0.3, -0.25) is 14.4 Å². The summed E-state index contributed by atoms with van der Waals surface area (Å²) in [7, 11) is 4.82. The van der Waals surface area contributed by atoms with Crippen LogP contribution in [0.1, 0.15) is 27.3 Å². The third-order valence-corrected chi connectivity index (χ3v) is 5.49. The van der Waals surface area contributed by atoms with Gasteiger partial charge in [0.2, 0.25) is 17.6 Å². The number of carbonyl (C=O) groups excluding carboxylic acids is 3. The van der Waals surface area contributed by atoms with Gasteiger partial charge in [0, 0.05) is 36.9 Å². The number of hydrogen-bond acceptors (Lipinski definition) is 6. The van der Waals surface area contributed by atoms with E-state index in [1.165, 1.54) is 12.0 Å². The number of imidazole rings is 1. The van der Waals surface area contributed by atoms with Crippen LogP contribution in [0.25, 0.3) is 6.08 Å². The van der Waals surface area contributed by atoms with Gasteiger partial charge in [-0.2, -0.15) is 0 Å². The molecule has 1 aliphatic rings. The van der Waals surface area contributed by atoms with Crippen molar-refractivity contribution in [2.24, 2.45) is 7.05 Å². The van der Waals surface area contributed by atoms with Gasteiger partial charge >= 0.3 is 0 Å². The molecule has 1 aromatic heterocycles. The number of aryl methyl sites for hydroxylation is 1. The van der Waals surface area contributed by atoms with Gasteiger partial charge in [-0.05, 0) is 41.5 Å². The summed E-state index contributed by atoms with van der Waals surface area (Å²) in [5, 5.41) is 2.76. The molecular formula is C25H24N4O5. The maximum Gasteiger partial charge on any atom is 0.244 e. The number of ether oxygens (including phenoxy) is 2. The standard InChI is InChI=1S/C25H24N4O5/c1-28-10-8-26-25(28)24(32)17-5-4-6-19(11-17)27-22(30)15-29-9-7-16-12-20(33-2)21(34-3)13-18(16)14-23(29)31/h4-13H,14-15H2,1-3H3,(H,27,30).